The van der Waals surface area contributed by atoms with Crippen LogP contribution < -0.4 is 5.32 Å². The van der Waals surface area contributed by atoms with E-state index in [1.807, 2.05) is 20.8 Å². The summed E-state index contributed by atoms with van der Waals surface area (Å²) in [5.41, 5.74) is -0.997. The topological polar surface area (TPSA) is 75.6 Å². The third kappa shape index (κ3) is 1.96. The molecular formula is C18H23NO4. The number of carbonyl (C=O) groups excluding carboxylic acids is 2. The fourth-order valence-electron chi connectivity index (χ4n) is 3.86. The van der Waals surface area contributed by atoms with Gasteiger partial charge in [-0.1, -0.05) is 26.0 Å². The number of carbonyl (C=O) groups is 2. The number of rotatable bonds is 3. The molecule has 1 aliphatic carbocycles. The molecule has 5 heteroatoms. The average Bonchev–Trinajstić information content (AvgIpc) is 2.78. The molecule has 1 aromatic rings. The first kappa shape index (κ1) is 16.0. The van der Waals surface area contributed by atoms with Crippen LogP contribution in [0.1, 0.15) is 52.2 Å². The van der Waals surface area contributed by atoms with Crippen LogP contribution in [0, 0.1) is 10.8 Å². The molecule has 2 N–H and O–H groups in total. The highest BCUT2D eigenvalue weighted by Gasteiger charge is 2.75. The molecule has 0 unspecified atom stereocenters. The van der Waals surface area contributed by atoms with E-state index < -0.39 is 22.5 Å². The van der Waals surface area contributed by atoms with Gasteiger partial charge in [-0.2, -0.15) is 0 Å². The van der Waals surface area contributed by atoms with E-state index >= 15 is 0 Å². The van der Waals surface area contributed by atoms with Crippen LogP contribution in [0.5, 0.6) is 0 Å². The van der Waals surface area contributed by atoms with E-state index in [2.05, 4.69) is 5.32 Å². The second-order valence-electron chi connectivity index (χ2n) is 7.43. The maximum atomic E-state index is 12.9. The van der Waals surface area contributed by atoms with Gasteiger partial charge in [0.15, 0.2) is 5.60 Å². The van der Waals surface area contributed by atoms with Crippen molar-refractivity contribution in [3.63, 3.8) is 0 Å². The molecule has 2 fully saturated rings. The minimum atomic E-state index is -1.13. The fraction of sp³-hybridized carbons (Fsp3) is 0.556. The van der Waals surface area contributed by atoms with Gasteiger partial charge in [0, 0.05) is 11.1 Å². The number of benzene rings is 1. The molecule has 0 radical (unpaired) electrons. The van der Waals surface area contributed by atoms with Crippen molar-refractivity contribution in [1.29, 1.82) is 0 Å². The zero-order valence-corrected chi connectivity index (χ0v) is 14.0. The summed E-state index contributed by atoms with van der Waals surface area (Å²) in [5.74, 6) is -0.582. The summed E-state index contributed by atoms with van der Waals surface area (Å²) in [5, 5.41) is 12.5. The number of hydrogen-bond acceptors (Lipinski definition) is 4. The number of fused-ring (bicyclic) bond motifs is 2. The molecule has 3 atom stereocenters. The van der Waals surface area contributed by atoms with Crippen molar-refractivity contribution in [1.82, 2.24) is 0 Å². The van der Waals surface area contributed by atoms with E-state index in [0.29, 0.717) is 18.5 Å². The summed E-state index contributed by atoms with van der Waals surface area (Å²) in [4.78, 5) is 25.2. The predicted molar refractivity (Wildman–Crippen MR) is 85.7 cm³/mol. The van der Waals surface area contributed by atoms with Crippen molar-refractivity contribution in [3.05, 3.63) is 29.8 Å². The van der Waals surface area contributed by atoms with Gasteiger partial charge in [0.05, 0.1) is 11.5 Å². The van der Waals surface area contributed by atoms with Gasteiger partial charge in [-0.05, 0) is 44.4 Å². The Morgan fingerprint density at radius 2 is 2.00 bits per heavy atom. The van der Waals surface area contributed by atoms with Crippen molar-refractivity contribution < 1.29 is 19.4 Å². The Morgan fingerprint density at radius 3 is 2.52 bits per heavy atom. The number of hydrogen-bond donors (Lipinski definition) is 2. The normalized spacial score (nSPS) is 32.5. The zero-order valence-electron chi connectivity index (χ0n) is 14.0. The van der Waals surface area contributed by atoms with Gasteiger partial charge in [0.1, 0.15) is 0 Å². The Kier molecular flexibility index (Phi) is 3.34. The number of esters is 1. The quantitative estimate of drug-likeness (QED) is 0.841. The first-order valence-electron chi connectivity index (χ1n) is 7.97. The highest BCUT2D eigenvalue weighted by molar-refractivity contribution is 6.03. The van der Waals surface area contributed by atoms with Gasteiger partial charge >= 0.3 is 5.97 Å². The molecule has 2 bridgehead atoms. The molecule has 1 amide bonds. The largest absolute Gasteiger partial charge is 0.448 e. The fourth-order valence-corrected chi connectivity index (χ4v) is 3.86. The lowest BCUT2D eigenvalue weighted by atomic mass is 9.66. The summed E-state index contributed by atoms with van der Waals surface area (Å²) in [6.07, 6.45) is 0.574. The average molecular weight is 317 g/mol. The Labute approximate surface area is 136 Å². The van der Waals surface area contributed by atoms with Gasteiger partial charge in [-0.25, -0.2) is 0 Å². The Balaban J connectivity index is 1.90. The second-order valence-corrected chi connectivity index (χ2v) is 7.43. The molecule has 1 saturated carbocycles. The van der Waals surface area contributed by atoms with E-state index in [1.165, 1.54) is 0 Å². The van der Waals surface area contributed by atoms with Crippen LogP contribution in [0.15, 0.2) is 24.3 Å². The van der Waals surface area contributed by atoms with Gasteiger partial charge in [-0.15, -0.1) is 0 Å². The summed E-state index contributed by atoms with van der Waals surface area (Å²) in [7, 11) is 0. The first-order valence-corrected chi connectivity index (χ1v) is 7.97. The standard InChI is InChI=1S/C18H23NO4/c1-11(20)12-6-5-7-13(10-12)19-14(21)18-9-8-17(4,15(22)23-18)16(18,2)3/h5-7,10-11,20H,8-9H2,1-4H3,(H,19,21)/t11-,17+,18-/m1/s1. The van der Waals surface area contributed by atoms with Crippen LogP contribution in [0.4, 0.5) is 5.69 Å². The Morgan fingerprint density at radius 1 is 1.30 bits per heavy atom. The highest BCUT2D eigenvalue weighted by Crippen LogP contribution is 2.65. The molecule has 2 aliphatic rings. The smallest absolute Gasteiger partial charge is 0.313 e. The Bertz CT molecular complexity index is 681. The lowest BCUT2D eigenvalue weighted by molar-refractivity contribution is -0.165. The molecule has 0 spiro atoms. The summed E-state index contributed by atoms with van der Waals surface area (Å²) in [6, 6.07) is 7.07. The van der Waals surface area contributed by atoms with E-state index in [-0.39, 0.29) is 11.9 Å². The predicted octanol–water partition coefficient (Wildman–Crippen LogP) is 2.80. The van der Waals surface area contributed by atoms with Crippen molar-refractivity contribution >= 4 is 17.6 Å². The molecule has 23 heavy (non-hydrogen) atoms. The van der Waals surface area contributed by atoms with Crippen molar-refractivity contribution in [2.24, 2.45) is 10.8 Å². The van der Waals surface area contributed by atoms with Crippen LogP contribution in [-0.4, -0.2) is 22.6 Å². The lowest BCUT2D eigenvalue weighted by Crippen LogP contribution is -2.50. The Hall–Kier alpha value is -1.88. The molecule has 0 aromatic heterocycles. The maximum absolute atomic E-state index is 12.9. The maximum Gasteiger partial charge on any atom is 0.313 e. The minimum Gasteiger partial charge on any atom is -0.448 e. The summed E-state index contributed by atoms with van der Waals surface area (Å²) < 4.78 is 5.58. The SMILES string of the molecule is C[C@@H](O)c1cccc(NC(=O)[C@@]23CC[C@@](C)(C(=O)O2)C3(C)C)c1. The van der Waals surface area contributed by atoms with Gasteiger partial charge in [0.25, 0.3) is 5.91 Å². The molecule has 1 aromatic carbocycles. The van der Waals surface area contributed by atoms with Crippen LogP contribution in [0.2, 0.25) is 0 Å². The second kappa shape index (κ2) is 4.81. The van der Waals surface area contributed by atoms with Gasteiger partial charge < -0.3 is 15.2 Å². The monoisotopic (exact) mass is 317 g/mol. The number of nitrogens with one attached hydrogen (secondary N) is 1. The molecule has 1 heterocycles. The minimum absolute atomic E-state index is 0.290. The summed E-state index contributed by atoms with van der Waals surface area (Å²) in [6.45, 7) is 7.41. The third-order valence-electron chi connectivity index (χ3n) is 6.08. The van der Waals surface area contributed by atoms with Crippen LogP contribution in [0.25, 0.3) is 0 Å². The lowest BCUT2D eigenvalue weighted by Gasteiger charge is -2.35. The molecule has 1 aliphatic heterocycles. The van der Waals surface area contributed by atoms with E-state index in [1.54, 1.807) is 31.2 Å². The van der Waals surface area contributed by atoms with E-state index in [0.717, 1.165) is 5.56 Å². The molecule has 124 valence electrons. The zero-order chi connectivity index (χ0) is 17.0. The first-order chi connectivity index (χ1) is 10.6. The molecule has 1 saturated heterocycles. The van der Waals surface area contributed by atoms with Gasteiger partial charge in [-0.3, -0.25) is 9.59 Å². The number of aliphatic hydroxyl groups excluding tert-OH is 1. The van der Waals surface area contributed by atoms with E-state index in [4.69, 9.17) is 4.74 Å². The molecule has 3 rings (SSSR count). The van der Waals surface area contributed by atoms with E-state index in [9.17, 15) is 14.7 Å². The number of aliphatic hydroxyl groups is 1. The van der Waals surface area contributed by atoms with Crippen LogP contribution in [-0.2, 0) is 14.3 Å². The summed E-state index contributed by atoms with van der Waals surface area (Å²) >= 11 is 0. The third-order valence-corrected chi connectivity index (χ3v) is 6.08. The van der Waals surface area contributed by atoms with Crippen LogP contribution in [0.3, 0.4) is 0 Å². The van der Waals surface area contributed by atoms with Gasteiger partial charge in [0.2, 0.25) is 0 Å². The number of ether oxygens (including phenoxy) is 1. The number of amides is 1. The van der Waals surface area contributed by atoms with Crippen LogP contribution >= 0.6 is 0 Å². The van der Waals surface area contributed by atoms with Crippen molar-refractivity contribution in [2.45, 2.75) is 52.2 Å². The molecular weight excluding hydrogens is 294 g/mol. The van der Waals surface area contributed by atoms with Crippen molar-refractivity contribution in [2.75, 3.05) is 5.32 Å². The highest BCUT2D eigenvalue weighted by atomic mass is 16.6. The number of anilines is 1. The molecule has 5 nitrogen and oxygen atoms in total. The van der Waals surface area contributed by atoms with Crippen molar-refractivity contribution in [3.8, 4) is 0 Å².